The van der Waals surface area contributed by atoms with Gasteiger partial charge in [-0.25, -0.2) is 4.79 Å². The van der Waals surface area contributed by atoms with Crippen LogP contribution in [-0.4, -0.2) is 82.5 Å². The van der Waals surface area contributed by atoms with Crippen molar-refractivity contribution in [2.24, 2.45) is 5.73 Å². The van der Waals surface area contributed by atoms with Crippen molar-refractivity contribution in [3.8, 4) is 0 Å². The normalized spacial score (nSPS) is 24.1. The molecule has 2 rings (SSSR count). The first kappa shape index (κ1) is 20.0. The Morgan fingerprint density at radius 1 is 1.50 bits per heavy atom. The predicted molar refractivity (Wildman–Crippen MR) is 95.5 cm³/mol. The zero-order valence-corrected chi connectivity index (χ0v) is 15.7. The van der Waals surface area contributed by atoms with Gasteiger partial charge in [-0.05, 0) is 18.6 Å². The van der Waals surface area contributed by atoms with E-state index in [1.54, 1.807) is 19.1 Å². The largest absolute Gasteiger partial charge is 0.477 e. The summed E-state index contributed by atoms with van der Waals surface area (Å²) in [4.78, 5) is 47.0. The summed E-state index contributed by atoms with van der Waals surface area (Å²) in [6.45, 7) is 2.20. The molecule has 0 aromatic rings. The van der Waals surface area contributed by atoms with E-state index in [1.165, 1.54) is 16.7 Å². The van der Waals surface area contributed by atoms with Crippen LogP contribution in [0.25, 0.3) is 0 Å². The number of carboxylic acids is 1. The molecule has 0 aromatic carbocycles. The summed E-state index contributed by atoms with van der Waals surface area (Å²) in [6.07, 6.45) is 3.90. The van der Waals surface area contributed by atoms with E-state index in [9.17, 15) is 24.3 Å². The molecule has 0 spiro atoms. The number of nitrogens with zero attached hydrogens (tertiary/aromatic N) is 2. The topological polar surface area (TPSA) is 130 Å². The standard InChI is InChI=1S/C16H22N4O5S/c1-9(13(17)22)20(2,3)6-4-5-10-7-26-15-11(18-8-21)14(23)19(15)12(10)16(24)25/h4-5,8-9,11,15H,6-7H2,1-3H3,(H3-,17,18,21,22,24,25)/p+1/t9-,11-,15+/m1/s1. The molecule has 9 nitrogen and oxygen atoms in total. The summed E-state index contributed by atoms with van der Waals surface area (Å²) in [7, 11) is 3.71. The fourth-order valence-electron chi connectivity index (χ4n) is 2.83. The van der Waals surface area contributed by atoms with Crippen LogP contribution in [0.15, 0.2) is 23.4 Å². The van der Waals surface area contributed by atoms with Crippen LogP contribution in [0, 0.1) is 0 Å². The molecule has 0 bridgehead atoms. The first-order valence-electron chi connectivity index (χ1n) is 8.01. The third-order valence-electron chi connectivity index (χ3n) is 4.80. The van der Waals surface area contributed by atoms with E-state index in [0.29, 0.717) is 28.8 Å². The maximum Gasteiger partial charge on any atom is 0.352 e. The number of carbonyl (C=O) groups is 4. The van der Waals surface area contributed by atoms with E-state index < -0.39 is 35.2 Å². The first-order valence-corrected chi connectivity index (χ1v) is 9.06. The highest BCUT2D eigenvalue weighted by atomic mass is 32.2. The summed E-state index contributed by atoms with van der Waals surface area (Å²) >= 11 is 1.40. The van der Waals surface area contributed by atoms with Crippen LogP contribution in [0.5, 0.6) is 0 Å². The number of fused-ring (bicyclic) bond motifs is 1. The predicted octanol–water partition coefficient (Wildman–Crippen LogP) is -1.14. The van der Waals surface area contributed by atoms with Crippen molar-refractivity contribution < 1.29 is 28.8 Å². The molecular formula is C16H23N4O5S+. The van der Waals surface area contributed by atoms with Crippen LogP contribution >= 0.6 is 11.8 Å². The number of likely N-dealkylation sites (N-methyl/N-ethyl adjacent to an activating group) is 1. The number of carboxylic acid groups (broad SMARTS) is 1. The Bertz CT molecular complexity index is 703. The van der Waals surface area contributed by atoms with E-state index in [2.05, 4.69) is 5.32 Å². The van der Waals surface area contributed by atoms with Gasteiger partial charge in [-0.1, -0.05) is 6.08 Å². The number of allylic oxidation sites excluding steroid dienone is 1. The molecule has 142 valence electrons. The minimum atomic E-state index is -1.19. The fraction of sp³-hybridized carbons (Fsp3) is 0.500. The summed E-state index contributed by atoms with van der Waals surface area (Å²) in [5.74, 6) is -1.63. The number of quaternary nitrogens is 1. The molecule has 0 saturated carbocycles. The minimum absolute atomic E-state index is 0.0628. The highest BCUT2D eigenvalue weighted by Gasteiger charge is 2.53. The van der Waals surface area contributed by atoms with Crippen molar-refractivity contribution in [2.75, 3.05) is 26.4 Å². The van der Waals surface area contributed by atoms with Gasteiger partial charge in [0.2, 0.25) is 6.41 Å². The number of primary amides is 1. The van der Waals surface area contributed by atoms with E-state index in [-0.39, 0.29) is 5.70 Å². The highest BCUT2D eigenvalue weighted by Crippen LogP contribution is 2.40. The summed E-state index contributed by atoms with van der Waals surface area (Å²) in [5, 5.41) is 11.5. The van der Waals surface area contributed by atoms with Gasteiger partial charge in [0.05, 0.1) is 20.6 Å². The number of nitrogens with two attached hydrogens (primary N) is 1. The molecule has 26 heavy (non-hydrogen) atoms. The molecule has 0 aliphatic carbocycles. The van der Waals surface area contributed by atoms with Crippen LogP contribution in [0.3, 0.4) is 0 Å². The van der Waals surface area contributed by atoms with Gasteiger partial charge in [-0.2, -0.15) is 0 Å². The molecule has 2 heterocycles. The molecule has 0 aromatic heterocycles. The fourth-order valence-corrected chi connectivity index (χ4v) is 4.16. The number of nitrogens with one attached hydrogen (secondary N) is 1. The Kier molecular flexibility index (Phi) is 5.77. The monoisotopic (exact) mass is 383 g/mol. The summed E-state index contributed by atoms with van der Waals surface area (Å²) in [6, 6.07) is -1.09. The molecule has 4 N–H and O–H groups in total. The average Bonchev–Trinajstić information content (AvgIpc) is 2.57. The summed E-state index contributed by atoms with van der Waals surface area (Å²) < 4.78 is 0.325. The number of aliphatic carboxylic acids is 1. The van der Waals surface area contributed by atoms with Crippen molar-refractivity contribution in [1.82, 2.24) is 10.2 Å². The van der Waals surface area contributed by atoms with Gasteiger partial charge < -0.3 is 20.6 Å². The molecule has 3 atom stereocenters. The van der Waals surface area contributed by atoms with Gasteiger partial charge in [-0.15, -0.1) is 11.8 Å². The molecule has 1 saturated heterocycles. The van der Waals surface area contributed by atoms with Crippen LogP contribution in [0.1, 0.15) is 6.92 Å². The van der Waals surface area contributed by atoms with Crippen LogP contribution in [0.4, 0.5) is 0 Å². The lowest BCUT2D eigenvalue weighted by Crippen LogP contribution is -2.69. The lowest BCUT2D eigenvalue weighted by Gasteiger charge is -2.48. The van der Waals surface area contributed by atoms with Crippen LogP contribution in [-0.2, 0) is 19.2 Å². The van der Waals surface area contributed by atoms with E-state index in [4.69, 9.17) is 5.73 Å². The molecule has 0 radical (unpaired) electrons. The average molecular weight is 383 g/mol. The second kappa shape index (κ2) is 7.50. The number of amides is 3. The maximum atomic E-state index is 12.2. The number of hydrogen-bond acceptors (Lipinski definition) is 5. The Morgan fingerprint density at radius 3 is 2.69 bits per heavy atom. The lowest BCUT2D eigenvalue weighted by molar-refractivity contribution is -0.898. The highest BCUT2D eigenvalue weighted by molar-refractivity contribution is 8.00. The van der Waals surface area contributed by atoms with Crippen molar-refractivity contribution >= 4 is 36.0 Å². The van der Waals surface area contributed by atoms with Crippen molar-refractivity contribution in [3.05, 3.63) is 23.4 Å². The zero-order chi connectivity index (χ0) is 19.6. The molecule has 0 unspecified atom stereocenters. The first-order chi connectivity index (χ1) is 12.1. The van der Waals surface area contributed by atoms with Crippen molar-refractivity contribution in [2.45, 2.75) is 24.4 Å². The molecule has 2 aliphatic heterocycles. The van der Waals surface area contributed by atoms with E-state index in [0.717, 1.165) is 0 Å². The number of β-lactam (4-membered cyclic amide) rings is 1. The minimum Gasteiger partial charge on any atom is -0.477 e. The second-order valence-electron chi connectivity index (χ2n) is 6.79. The Morgan fingerprint density at radius 2 is 2.15 bits per heavy atom. The van der Waals surface area contributed by atoms with Gasteiger partial charge in [0, 0.05) is 5.75 Å². The van der Waals surface area contributed by atoms with Crippen LogP contribution in [0.2, 0.25) is 0 Å². The van der Waals surface area contributed by atoms with Gasteiger partial charge in [0.15, 0.2) is 6.04 Å². The van der Waals surface area contributed by atoms with Gasteiger partial charge in [0.1, 0.15) is 17.1 Å². The molecule has 10 heteroatoms. The quantitative estimate of drug-likeness (QED) is 0.276. The second-order valence-corrected chi connectivity index (χ2v) is 7.90. The van der Waals surface area contributed by atoms with Crippen molar-refractivity contribution in [3.63, 3.8) is 0 Å². The molecule has 2 aliphatic rings. The van der Waals surface area contributed by atoms with Gasteiger partial charge >= 0.3 is 5.97 Å². The molecule has 1 fully saturated rings. The number of rotatable bonds is 8. The van der Waals surface area contributed by atoms with Crippen molar-refractivity contribution in [1.29, 1.82) is 0 Å². The number of thioether (sulfide) groups is 1. The number of carbonyl (C=O) groups excluding carboxylic acids is 3. The lowest BCUT2D eigenvalue weighted by atomic mass is 10.0. The SMILES string of the molecule is C[C@H](C(N)=O)[N+](C)(C)CC=CC1=C(C(=O)O)N2C(=O)[C@@H](NC=O)[C@@H]2SC1. The maximum absolute atomic E-state index is 12.2. The third kappa shape index (κ3) is 3.61. The smallest absolute Gasteiger partial charge is 0.352 e. The van der Waals surface area contributed by atoms with E-state index in [1.807, 2.05) is 14.1 Å². The Hall–Kier alpha value is -2.33. The molecular weight excluding hydrogens is 360 g/mol. The van der Waals surface area contributed by atoms with Gasteiger partial charge in [0.25, 0.3) is 11.8 Å². The molecule has 3 amide bonds. The Balaban J connectivity index is 2.20. The van der Waals surface area contributed by atoms with Gasteiger partial charge in [-0.3, -0.25) is 19.3 Å². The third-order valence-corrected chi connectivity index (χ3v) is 6.11. The van der Waals surface area contributed by atoms with Crippen LogP contribution < -0.4 is 11.1 Å². The zero-order valence-electron chi connectivity index (χ0n) is 14.8. The number of hydrogen-bond donors (Lipinski definition) is 3. The Labute approximate surface area is 155 Å². The van der Waals surface area contributed by atoms with E-state index >= 15 is 0 Å². The summed E-state index contributed by atoms with van der Waals surface area (Å²) in [5.41, 5.74) is 5.80.